The molecule has 1 aromatic heterocycles. The van der Waals surface area contributed by atoms with Crippen LogP contribution in [0.15, 0.2) is 4.52 Å². The summed E-state index contributed by atoms with van der Waals surface area (Å²) < 4.78 is 5.17. The average molecular weight is 276 g/mol. The van der Waals surface area contributed by atoms with E-state index >= 15 is 0 Å². The van der Waals surface area contributed by atoms with Gasteiger partial charge in [0.15, 0.2) is 0 Å². The fourth-order valence-electron chi connectivity index (χ4n) is 4.14. The van der Waals surface area contributed by atoms with Crippen molar-refractivity contribution >= 4 is 5.91 Å². The molecule has 0 bridgehead atoms. The lowest BCUT2D eigenvalue weighted by molar-refractivity contribution is -0.133. The van der Waals surface area contributed by atoms with E-state index in [1.54, 1.807) is 0 Å². The molecule has 1 amide bonds. The molecule has 20 heavy (non-hydrogen) atoms. The average Bonchev–Trinajstić information content (AvgIpc) is 2.91. The second-order valence-electron chi connectivity index (χ2n) is 6.48. The maximum Gasteiger partial charge on any atom is 0.227 e. The van der Waals surface area contributed by atoms with Crippen molar-refractivity contribution in [1.29, 1.82) is 0 Å². The van der Waals surface area contributed by atoms with Crippen LogP contribution >= 0.6 is 0 Å². The molecule has 2 aliphatic rings. The van der Waals surface area contributed by atoms with Crippen LogP contribution in [0, 0.1) is 19.8 Å². The first-order valence-corrected chi connectivity index (χ1v) is 7.81. The molecule has 3 unspecified atom stereocenters. The lowest BCUT2D eigenvalue weighted by Gasteiger charge is -2.33. The van der Waals surface area contributed by atoms with Crippen molar-refractivity contribution in [2.75, 3.05) is 0 Å². The molecule has 1 saturated heterocycles. The fourth-order valence-corrected chi connectivity index (χ4v) is 4.14. The number of carbonyl (C=O) groups is 1. The Morgan fingerprint density at radius 1 is 1.35 bits per heavy atom. The van der Waals surface area contributed by atoms with Gasteiger partial charge in [-0.3, -0.25) is 4.79 Å². The van der Waals surface area contributed by atoms with Gasteiger partial charge in [-0.25, -0.2) is 0 Å². The first-order valence-electron chi connectivity index (χ1n) is 7.81. The molecule has 110 valence electrons. The molecule has 1 aromatic rings. The number of hydrogen-bond acceptors (Lipinski definition) is 3. The number of nitrogens with zero attached hydrogens (tertiary/aromatic N) is 2. The Kier molecular flexibility index (Phi) is 3.57. The quantitative estimate of drug-likeness (QED) is 0.834. The SMILES string of the molecule is Cc1noc(C)c1CC(=O)N1C(C)CC2CCCCC21. The van der Waals surface area contributed by atoms with E-state index in [1.165, 1.54) is 32.1 Å². The summed E-state index contributed by atoms with van der Waals surface area (Å²) in [7, 11) is 0. The first-order chi connectivity index (χ1) is 9.58. The van der Waals surface area contributed by atoms with E-state index in [-0.39, 0.29) is 5.91 Å². The van der Waals surface area contributed by atoms with E-state index in [9.17, 15) is 4.79 Å². The molecule has 3 rings (SSSR count). The summed E-state index contributed by atoms with van der Waals surface area (Å²) in [5.74, 6) is 1.76. The standard InChI is InChI=1S/C16H24N2O2/c1-10-8-13-6-4-5-7-15(13)18(10)16(19)9-14-11(2)17-20-12(14)3/h10,13,15H,4-9H2,1-3H3. The molecule has 0 N–H and O–H groups in total. The Balaban J connectivity index is 1.76. The van der Waals surface area contributed by atoms with Gasteiger partial charge in [-0.05, 0) is 46.0 Å². The summed E-state index contributed by atoms with van der Waals surface area (Å²) in [5.41, 5.74) is 1.82. The van der Waals surface area contributed by atoms with Gasteiger partial charge in [-0.1, -0.05) is 18.0 Å². The second-order valence-corrected chi connectivity index (χ2v) is 6.48. The Labute approximate surface area is 120 Å². The van der Waals surface area contributed by atoms with Gasteiger partial charge in [-0.2, -0.15) is 0 Å². The number of hydrogen-bond donors (Lipinski definition) is 0. The summed E-state index contributed by atoms with van der Waals surface area (Å²) in [4.78, 5) is 14.9. The van der Waals surface area contributed by atoms with E-state index < -0.39 is 0 Å². The van der Waals surface area contributed by atoms with Gasteiger partial charge in [0, 0.05) is 17.6 Å². The van der Waals surface area contributed by atoms with E-state index in [4.69, 9.17) is 4.52 Å². The zero-order valence-corrected chi connectivity index (χ0v) is 12.7. The van der Waals surface area contributed by atoms with Gasteiger partial charge >= 0.3 is 0 Å². The van der Waals surface area contributed by atoms with Crippen molar-refractivity contribution < 1.29 is 9.32 Å². The Morgan fingerprint density at radius 2 is 2.10 bits per heavy atom. The van der Waals surface area contributed by atoms with Crippen LogP contribution < -0.4 is 0 Å². The predicted molar refractivity (Wildman–Crippen MR) is 76.4 cm³/mol. The Hall–Kier alpha value is -1.32. The van der Waals surface area contributed by atoms with Gasteiger partial charge in [0.05, 0.1) is 12.1 Å². The number of rotatable bonds is 2. The van der Waals surface area contributed by atoms with Crippen LogP contribution in [0.1, 0.15) is 56.0 Å². The maximum atomic E-state index is 12.7. The third kappa shape index (κ3) is 2.25. The van der Waals surface area contributed by atoms with Crippen molar-refractivity contribution in [2.24, 2.45) is 5.92 Å². The van der Waals surface area contributed by atoms with Crippen LogP contribution in [0.3, 0.4) is 0 Å². The van der Waals surface area contributed by atoms with Gasteiger partial charge in [0.2, 0.25) is 5.91 Å². The highest BCUT2D eigenvalue weighted by Gasteiger charge is 2.42. The summed E-state index contributed by atoms with van der Waals surface area (Å²) in [6, 6.07) is 0.864. The topological polar surface area (TPSA) is 46.3 Å². The van der Waals surface area contributed by atoms with Crippen LogP contribution in [0.4, 0.5) is 0 Å². The summed E-state index contributed by atoms with van der Waals surface area (Å²) >= 11 is 0. The molecule has 1 aliphatic carbocycles. The molecule has 4 nitrogen and oxygen atoms in total. The van der Waals surface area contributed by atoms with Gasteiger partial charge in [0.1, 0.15) is 5.76 Å². The third-order valence-corrected chi connectivity index (χ3v) is 5.14. The van der Waals surface area contributed by atoms with Crippen molar-refractivity contribution in [2.45, 2.75) is 71.4 Å². The second kappa shape index (κ2) is 5.23. The number of aromatic nitrogens is 1. The minimum absolute atomic E-state index is 0.251. The number of likely N-dealkylation sites (tertiary alicyclic amines) is 1. The van der Waals surface area contributed by atoms with E-state index in [1.807, 2.05) is 13.8 Å². The number of carbonyl (C=O) groups excluding carboxylic acids is 1. The number of aryl methyl sites for hydroxylation is 2. The lowest BCUT2D eigenvalue weighted by atomic mass is 9.85. The molecule has 1 aliphatic heterocycles. The molecule has 1 saturated carbocycles. The molecule has 3 atom stereocenters. The third-order valence-electron chi connectivity index (χ3n) is 5.14. The molecule has 0 spiro atoms. The fraction of sp³-hybridized carbons (Fsp3) is 0.750. The highest BCUT2D eigenvalue weighted by atomic mass is 16.5. The first kappa shape index (κ1) is 13.7. The van der Waals surface area contributed by atoms with E-state index in [2.05, 4.69) is 17.0 Å². The highest BCUT2D eigenvalue weighted by molar-refractivity contribution is 5.80. The van der Waals surface area contributed by atoms with Crippen LogP contribution in [-0.4, -0.2) is 28.0 Å². The van der Waals surface area contributed by atoms with Crippen LogP contribution in [0.2, 0.25) is 0 Å². The van der Waals surface area contributed by atoms with Gasteiger partial charge < -0.3 is 9.42 Å². The zero-order valence-electron chi connectivity index (χ0n) is 12.7. The molecule has 0 radical (unpaired) electrons. The molecular weight excluding hydrogens is 252 g/mol. The lowest BCUT2D eigenvalue weighted by Crippen LogP contribution is -2.43. The summed E-state index contributed by atoms with van der Waals surface area (Å²) in [6.07, 6.45) is 6.70. The minimum atomic E-state index is 0.251. The smallest absolute Gasteiger partial charge is 0.227 e. The Morgan fingerprint density at radius 3 is 2.80 bits per heavy atom. The normalized spacial score (nSPS) is 29.6. The largest absolute Gasteiger partial charge is 0.361 e. The molecule has 2 fully saturated rings. The summed E-state index contributed by atoms with van der Waals surface area (Å²) in [6.45, 7) is 6.00. The van der Waals surface area contributed by atoms with Crippen molar-refractivity contribution in [3.63, 3.8) is 0 Å². The van der Waals surface area contributed by atoms with Crippen molar-refractivity contribution in [3.8, 4) is 0 Å². The minimum Gasteiger partial charge on any atom is -0.361 e. The predicted octanol–water partition coefficient (Wildman–Crippen LogP) is 3.01. The molecular formula is C16H24N2O2. The maximum absolute atomic E-state index is 12.7. The van der Waals surface area contributed by atoms with Gasteiger partial charge in [-0.15, -0.1) is 0 Å². The van der Waals surface area contributed by atoms with Crippen LogP contribution in [-0.2, 0) is 11.2 Å². The molecule has 2 heterocycles. The van der Waals surface area contributed by atoms with Crippen LogP contribution in [0.25, 0.3) is 0 Å². The van der Waals surface area contributed by atoms with E-state index in [0.29, 0.717) is 18.5 Å². The zero-order chi connectivity index (χ0) is 14.3. The summed E-state index contributed by atoms with van der Waals surface area (Å²) in [5, 5.41) is 3.95. The monoisotopic (exact) mass is 276 g/mol. The van der Waals surface area contributed by atoms with Crippen molar-refractivity contribution in [3.05, 3.63) is 17.0 Å². The molecule has 4 heteroatoms. The van der Waals surface area contributed by atoms with Crippen molar-refractivity contribution in [1.82, 2.24) is 10.1 Å². The van der Waals surface area contributed by atoms with Crippen LogP contribution in [0.5, 0.6) is 0 Å². The Bertz CT molecular complexity index is 489. The van der Waals surface area contributed by atoms with Gasteiger partial charge in [0.25, 0.3) is 0 Å². The number of fused-ring (bicyclic) bond motifs is 1. The van der Waals surface area contributed by atoms with E-state index in [0.717, 1.165) is 22.9 Å². The molecule has 0 aromatic carbocycles. The highest BCUT2D eigenvalue weighted by Crippen LogP contribution is 2.39. The number of amides is 1.